The maximum atomic E-state index is 12.7. The predicted octanol–water partition coefficient (Wildman–Crippen LogP) is 4.73. The van der Waals surface area contributed by atoms with Crippen molar-refractivity contribution in [2.45, 2.75) is 18.0 Å². The van der Waals surface area contributed by atoms with E-state index in [4.69, 9.17) is 0 Å². The van der Waals surface area contributed by atoms with E-state index < -0.39 is 11.7 Å². The molecule has 0 N–H and O–H groups in total. The fourth-order valence-corrected chi connectivity index (χ4v) is 2.84. The van der Waals surface area contributed by atoms with Crippen LogP contribution >= 0.6 is 11.8 Å². The van der Waals surface area contributed by atoms with Gasteiger partial charge in [-0.05, 0) is 36.8 Å². The Morgan fingerprint density at radius 3 is 2.50 bits per heavy atom. The summed E-state index contributed by atoms with van der Waals surface area (Å²) >= 11 is 1.40. The Bertz CT molecular complexity index is 658. The summed E-state index contributed by atoms with van der Waals surface area (Å²) in [6, 6.07) is 12.4. The molecule has 6 heteroatoms. The number of alkyl halides is 3. The van der Waals surface area contributed by atoms with E-state index in [9.17, 15) is 18.0 Å². The zero-order valence-corrected chi connectivity index (χ0v) is 12.6. The van der Waals surface area contributed by atoms with E-state index >= 15 is 0 Å². The summed E-state index contributed by atoms with van der Waals surface area (Å²) in [6.45, 7) is 1.94. The van der Waals surface area contributed by atoms with E-state index in [2.05, 4.69) is 0 Å². The molecule has 22 heavy (non-hydrogen) atoms. The number of halogens is 3. The van der Waals surface area contributed by atoms with Gasteiger partial charge in [-0.1, -0.05) is 24.3 Å². The summed E-state index contributed by atoms with van der Waals surface area (Å²) in [6.07, 6.45) is -3.88. The normalized spacial score (nSPS) is 11.3. The van der Waals surface area contributed by atoms with Gasteiger partial charge in [-0.3, -0.25) is 4.79 Å². The minimum absolute atomic E-state index is 0.228. The molecule has 2 rings (SSSR count). The van der Waals surface area contributed by atoms with Gasteiger partial charge in [-0.2, -0.15) is 13.2 Å². The Labute approximate surface area is 130 Å². The zero-order chi connectivity index (χ0) is 16.2. The third-order valence-electron chi connectivity index (χ3n) is 3.09. The number of carbonyl (C=O) groups is 1. The number of benzene rings is 2. The molecular formula is C16H14F3NOS. The monoisotopic (exact) mass is 325 g/mol. The first-order chi connectivity index (χ1) is 10.4. The van der Waals surface area contributed by atoms with Gasteiger partial charge in [0.15, 0.2) is 0 Å². The smallest absolute Gasteiger partial charge is 0.305 e. The molecule has 0 radical (unpaired) electrons. The van der Waals surface area contributed by atoms with Crippen LogP contribution in [0.15, 0.2) is 53.4 Å². The van der Waals surface area contributed by atoms with Gasteiger partial charge < -0.3 is 4.90 Å². The maximum Gasteiger partial charge on any atom is 0.416 e. The molecule has 2 aromatic rings. The fraction of sp³-hybridized carbons (Fsp3) is 0.188. The summed E-state index contributed by atoms with van der Waals surface area (Å²) in [5.41, 5.74) is 0.519. The molecule has 2 nitrogen and oxygen atoms in total. The fourth-order valence-electron chi connectivity index (χ4n) is 1.88. The summed E-state index contributed by atoms with van der Waals surface area (Å²) in [4.78, 5) is 13.4. The quantitative estimate of drug-likeness (QED) is 0.450. The first kappa shape index (κ1) is 16.4. The van der Waals surface area contributed by atoms with Crippen LogP contribution in [-0.2, 0) is 11.0 Å². The molecule has 0 fully saturated rings. The number of amides is 1. The van der Waals surface area contributed by atoms with E-state index in [-0.39, 0.29) is 11.6 Å². The number of hydrogen-bond donors (Lipinski definition) is 0. The van der Waals surface area contributed by atoms with E-state index in [0.717, 1.165) is 22.6 Å². The lowest BCUT2D eigenvalue weighted by molar-refractivity contribution is -0.137. The van der Waals surface area contributed by atoms with Crippen LogP contribution in [0.4, 0.5) is 18.9 Å². The highest BCUT2D eigenvalue weighted by molar-refractivity contribution is 7.99. The molecule has 0 aromatic heterocycles. The number of rotatable bonds is 5. The molecule has 116 valence electrons. The summed E-state index contributed by atoms with van der Waals surface area (Å²) in [5.74, 6) is 0.246. The SMILES string of the molecule is Cc1ccccc1SCN(C=O)c1cccc(C(F)(F)F)c1. The third kappa shape index (κ3) is 4.04. The first-order valence-electron chi connectivity index (χ1n) is 6.49. The van der Waals surface area contributed by atoms with Crippen molar-refractivity contribution in [2.24, 2.45) is 0 Å². The number of anilines is 1. The van der Waals surface area contributed by atoms with E-state index in [1.807, 2.05) is 31.2 Å². The minimum Gasteiger partial charge on any atom is -0.305 e. The van der Waals surface area contributed by atoms with Gasteiger partial charge in [0.05, 0.1) is 11.4 Å². The largest absolute Gasteiger partial charge is 0.416 e. The van der Waals surface area contributed by atoms with Gasteiger partial charge in [0.2, 0.25) is 6.41 Å². The highest BCUT2D eigenvalue weighted by Crippen LogP contribution is 2.32. The van der Waals surface area contributed by atoms with E-state index in [1.165, 1.54) is 28.8 Å². The molecule has 0 bridgehead atoms. The minimum atomic E-state index is -4.42. The van der Waals surface area contributed by atoms with Gasteiger partial charge in [-0.15, -0.1) is 11.8 Å². The molecular weight excluding hydrogens is 311 g/mol. The van der Waals surface area contributed by atoms with Crippen molar-refractivity contribution in [2.75, 3.05) is 10.8 Å². The lowest BCUT2D eigenvalue weighted by Crippen LogP contribution is -2.21. The average molecular weight is 325 g/mol. The van der Waals surface area contributed by atoms with Crippen molar-refractivity contribution in [3.8, 4) is 0 Å². The first-order valence-corrected chi connectivity index (χ1v) is 7.48. The van der Waals surface area contributed by atoms with Crippen LogP contribution in [0.25, 0.3) is 0 Å². The van der Waals surface area contributed by atoms with Crippen LogP contribution in [0.3, 0.4) is 0 Å². The Morgan fingerprint density at radius 2 is 1.86 bits per heavy atom. The number of thioether (sulfide) groups is 1. The lowest BCUT2D eigenvalue weighted by atomic mass is 10.2. The van der Waals surface area contributed by atoms with Crippen LogP contribution in [0, 0.1) is 6.92 Å². The van der Waals surface area contributed by atoms with Crippen LogP contribution in [0.2, 0.25) is 0 Å². The van der Waals surface area contributed by atoms with E-state index in [0.29, 0.717) is 6.41 Å². The average Bonchev–Trinajstić information content (AvgIpc) is 2.49. The maximum absolute atomic E-state index is 12.7. The molecule has 0 aliphatic rings. The number of nitrogens with zero attached hydrogens (tertiary/aromatic N) is 1. The molecule has 1 amide bonds. The number of carbonyl (C=O) groups excluding carboxylic acids is 1. The molecule has 0 saturated carbocycles. The standard InChI is InChI=1S/C16H14F3NOS/c1-12-5-2-3-8-15(12)22-11-20(10-21)14-7-4-6-13(9-14)16(17,18)19/h2-10H,11H2,1H3. The van der Waals surface area contributed by atoms with Crippen molar-refractivity contribution in [1.29, 1.82) is 0 Å². The second kappa shape index (κ2) is 6.87. The van der Waals surface area contributed by atoms with Gasteiger partial charge in [0.25, 0.3) is 0 Å². The van der Waals surface area contributed by atoms with Crippen molar-refractivity contribution >= 4 is 23.9 Å². The molecule has 0 aliphatic carbocycles. The molecule has 2 aromatic carbocycles. The van der Waals surface area contributed by atoms with Gasteiger partial charge in [-0.25, -0.2) is 0 Å². The molecule has 0 atom stereocenters. The van der Waals surface area contributed by atoms with Crippen molar-refractivity contribution in [3.05, 3.63) is 59.7 Å². The second-order valence-corrected chi connectivity index (χ2v) is 5.65. The van der Waals surface area contributed by atoms with Gasteiger partial charge in [0, 0.05) is 10.6 Å². The van der Waals surface area contributed by atoms with Crippen molar-refractivity contribution in [1.82, 2.24) is 0 Å². The Morgan fingerprint density at radius 1 is 1.14 bits per heavy atom. The Hall–Kier alpha value is -1.95. The predicted molar refractivity (Wildman–Crippen MR) is 81.9 cm³/mol. The summed E-state index contributed by atoms with van der Waals surface area (Å²) in [7, 11) is 0. The van der Waals surface area contributed by atoms with Gasteiger partial charge >= 0.3 is 6.18 Å². The van der Waals surface area contributed by atoms with Crippen LogP contribution in [0.5, 0.6) is 0 Å². The number of hydrogen-bond acceptors (Lipinski definition) is 2. The molecule has 0 saturated heterocycles. The van der Waals surface area contributed by atoms with Crippen molar-refractivity contribution < 1.29 is 18.0 Å². The van der Waals surface area contributed by atoms with Crippen molar-refractivity contribution in [3.63, 3.8) is 0 Å². The summed E-state index contributed by atoms with van der Waals surface area (Å²) < 4.78 is 38.2. The van der Waals surface area contributed by atoms with Crippen LogP contribution < -0.4 is 4.90 Å². The highest BCUT2D eigenvalue weighted by atomic mass is 32.2. The second-order valence-electron chi connectivity index (χ2n) is 4.66. The third-order valence-corrected chi connectivity index (χ3v) is 4.26. The number of aryl methyl sites for hydroxylation is 1. The van der Waals surface area contributed by atoms with Gasteiger partial charge in [0.1, 0.15) is 0 Å². The topological polar surface area (TPSA) is 20.3 Å². The Kier molecular flexibility index (Phi) is 5.13. The lowest BCUT2D eigenvalue weighted by Gasteiger charge is -2.19. The molecule has 0 spiro atoms. The van der Waals surface area contributed by atoms with Crippen LogP contribution in [-0.4, -0.2) is 12.3 Å². The van der Waals surface area contributed by atoms with Crippen LogP contribution in [0.1, 0.15) is 11.1 Å². The molecule has 0 unspecified atom stereocenters. The highest BCUT2D eigenvalue weighted by Gasteiger charge is 2.30. The molecule has 0 aliphatic heterocycles. The zero-order valence-electron chi connectivity index (χ0n) is 11.8. The van der Waals surface area contributed by atoms with E-state index in [1.54, 1.807) is 0 Å². The molecule has 0 heterocycles. The summed E-state index contributed by atoms with van der Waals surface area (Å²) in [5, 5.41) is 0. The Balaban J connectivity index is 2.15.